The molecule has 0 radical (unpaired) electrons. The van der Waals surface area contributed by atoms with Gasteiger partial charge in [-0.3, -0.25) is 0 Å². The summed E-state index contributed by atoms with van der Waals surface area (Å²) in [5.41, 5.74) is 2.88. The van der Waals surface area contributed by atoms with E-state index in [1.54, 1.807) is 0 Å². The van der Waals surface area contributed by atoms with Crippen molar-refractivity contribution in [2.45, 2.75) is 11.8 Å². The maximum absolute atomic E-state index is 2.29. The van der Waals surface area contributed by atoms with Crippen LogP contribution in [0, 0.1) is 0 Å². The highest BCUT2D eigenvalue weighted by Crippen LogP contribution is 2.38. The Kier molecular flexibility index (Phi) is 2.67. The van der Waals surface area contributed by atoms with Crippen molar-refractivity contribution in [1.29, 1.82) is 0 Å². The summed E-state index contributed by atoms with van der Waals surface area (Å²) in [7, 11) is 0. The predicted octanol–water partition coefficient (Wildman–Crippen LogP) is 5.26. The summed E-state index contributed by atoms with van der Waals surface area (Å²) in [6.45, 7) is 0. The molecular formula is C20H16. The molecule has 0 spiro atoms. The van der Waals surface area contributed by atoms with E-state index in [2.05, 4.69) is 85.0 Å². The monoisotopic (exact) mass is 256 g/mol. The summed E-state index contributed by atoms with van der Waals surface area (Å²) < 4.78 is 0. The molecule has 2 aromatic carbocycles. The molecule has 0 aliphatic heterocycles. The molecule has 0 saturated carbocycles. The lowest BCUT2D eigenvalue weighted by Gasteiger charge is -2.19. The van der Waals surface area contributed by atoms with E-state index in [9.17, 15) is 0 Å². The fourth-order valence-corrected chi connectivity index (χ4v) is 3.24. The summed E-state index contributed by atoms with van der Waals surface area (Å²) in [6.07, 6.45) is 17.7. The van der Waals surface area contributed by atoms with Crippen molar-refractivity contribution < 1.29 is 0 Å². The van der Waals surface area contributed by atoms with E-state index in [0.29, 0.717) is 11.8 Å². The largest absolute Gasteiger partial charge is 0.0732 e. The minimum Gasteiger partial charge on any atom is -0.0732 e. The first-order chi connectivity index (χ1) is 9.93. The lowest BCUT2D eigenvalue weighted by molar-refractivity contribution is 1.01. The third kappa shape index (κ3) is 1.77. The molecule has 0 amide bonds. The zero-order valence-electron chi connectivity index (χ0n) is 11.2. The van der Waals surface area contributed by atoms with E-state index < -0.39 is 0 Å². The number of hydrogen-bond donors (Lipinski definition) is 0. The standard InChI is InChI=1S/C20H16/c1-2-8-15(7-1)19-14-13-16-9-5-6-12-18(16)20(19)17-10-3-4-11-17/h1-15,17H. The van der Waals surface area contributed by atoms with Crippen LogP contribution < -0.4 is 0 Å². The Morgan fingerprint density at radius 1 is 0.600 bits per heavy atom. The van der Waals surface area contributed by atoms with E-state index >= 15 is 0 Å². The summed E-state index contributed by atoms with van der Waals surface area (Å²) in [5, 5.41) is 2.70. The average molecular weight is 256 g/mol. The maximum Gasteiger partial charge on any atom is 0.0214 e. The molecule has 2 aromatic rings. The van der Waals surface area contributed by atoms with E-state index in [-0.39, 0.29) is 0 Å². The fourth-order valence-electron chi connectivity index (χ4n) is 3.24. The van der Waals surface area contributed by atoms with Gasteiger partial charge in [0, 0.05) is 11.8 Å². The van der Waals surface area contributed by atoms with Crippen molar-refractivity contribution in [3.63, 3.8) is 0 Å². The predicted molar refractivity (Wildman–Crippen MR) is 86.0 cm³/mol. The lowest BCUT2D eigenvalue weighted by Crippen LogP contribution is -2.01. The van der Waals surface area contributed by atoms with Gasteiger partial charge in [0.25, 0.3) is 0 Å². The Bertz CT molecular complexity index is 748. The Labute approximate surface area is 119 Å². The number of benzene rings is 2. The highest BCUT2D eigenvalue weighted by molar-refractivity contribution is 5.88. The summed E-state index contributed by atoms with van der Waals surface area (Å²) in [5.74, 6) is 0.815. The summed E-state index contributed by atoms with van der Waals surface area (Å²) in [6, 6.07) is 13.2. The average Bonchev–Trinajstić information content (AvgIpc) is 3.19. The van der Waals surface area contributed by atoms with Crippen LogP contribution in [0.2, 0.25) is 0 Å². The second-order valence-corrected chi connectivity index (χ2v) is 5.38. The maximum atomic E-state index is 2.29. The lowest BCUT2D eigenvalue weighted by atomic mass is 9.85. The van der Waals surface area contributed by atoms with Crippen LogP contribution in [0.4, 0.5) is 0 Å². The van der Waals surface area contributed by atoms with Gasteiger partial charge in [0.2, 0.25) is 0 Å². The van der Waals surface area contributed by atoms with Gasteiger partial charge in [0.15, 0.2) is 0 Å². The van der Waals surface area contributed by atoms with Crippen LogP contribution in [-0.2, 0) is 0 Å². The number of rotatable bonds is 2. The molecule has 2 aliphatic carbocycles. The summed E-state index contributed by atoms with van der Waals surface area (Å²) >= 11 is 0. The molecule has 0 aromatic heterocycles. The van der Waals surface area contributed by atoms with Gasteiger partial charge in [-0.05, 0) is 21.9 Å². The van der Waals surface area contributed by atoms with Crippen molar-refractivity contribution in [2.75, 3.05) is 0 Å². The van der Waals surface area contributed by atoms with Crippen molar-refractivity contribution in [2.24, 2.45) is 0 Å². The van der Waals surface area contributed by atoms with Crippen molar-refractivity contribution in [3.8, 4) is 0 Å². The Morgan fingerprint density at radius 3 is 2.00 bits per heavy atom. The highest BCUT2D eigenvalue weighted by Gasteiger charge is 2.19. The van der Waals surface area contributed by atoms with E-state index in [1.807, 2.05) is 0 Å². The first kappa shape index (κ1) is 11.5. The molecule has 0 heterocycles. The minimum absolute atomic E-state index is 0.401. The molecule has 0 bridgehead atoms. The fraction of sp³-hybridized carbons (Fsp3) is 0.100. The molecule has 0 atom stereocenters. The van der Waals surface area contributed by atoms with Crippen molar-refractivity contribution in [1.82, 2.24) is 0 Å². The van der Waals surface area contributed by atoms with Crippen LogP contribution in [0.1, 0.15) is 23.0 Å². The molecule has 20 heavy (non-hydrogen) atoms. The zero-order chi connectivity index (χ0) is 13.4. The molecule has 0 nitrogen and oxygen atoms in total. The van der Waals surface area contributed by atoms with Crippen molar-refractivity contribution >= 4 is 10.8 Å². The second-order valence-electron chi connectivity index (χ2n) is 5.38. The number of hydrogen-bond acceptors (Lipinski definition) is 0. The van der Waals surface area contributed by atoms with Gasteiger partial charge in [-0.25, -0.2) is 0 Å². The van der Waals surface area contributed by atoms with Gasteiger partial charge in [-0.2, -0.15) is 0 Å². The van der Waals surface area contributed by atoms with Crippen molar-refractivity contribution in [3.05, 3.63) is 96.1 Å². The molecule has 0 saturated heterocycles. The van der Waals surface area contributed by atoms with Crippen LogP contribution in [-0.4, -0.2) is 0 Å². The molecule has 0 heteroatoms. The van der Waals surface area contributed by atoms with Crippen LogP contribution in [0.25, 0.3) is 10.8 Å². The Balaban J connectivity index is 2.00. The molecule has 0 unspecified atom stereocenters. The third-order valence-corrected chi connectivity index (χ3v) is 4.19. The Hall–Kier alpha value is -2.34. The van der Waals surface area contributed by atoms with Gasteiger partial charge >= 0.3 is 0 Å². The SMILES string of the molecule is C1=CC(c2ccc3ccccc3c2C2C=CC=C2)C=C1. The first-order valence-electron chi connectivity index (χ1n) is 7.15. The Morgan fingerprint density at radius 2 is 1.25 bits per heavy atom. The first-order valence-corrected chi connectivity index (χ1v) is 7.15. The number of allylic oxidation sites excluding steroid dienone is 8. The molecule has 4 rings (SSSR count). The molecular weight excluding hydrogens is 240 g/mol. The molecule has 0 fully saturated rings. The summed E-state index contributed by atoms with van der Waals surface area (Å²) in [4.78, 5) is 0. The van der Waals surface area contributed by atoms with E-state index in [4.69, 9.17) is 0 Å². The number of fused-ring (bicyclic) bond motifs is 1. The normalized spacial score (nSPS) is 17.8. The van der Waals surface area contributed by atoms with Crippen LogP contribution in [0.3, 0.4) is 0 Å². The molecule has 0 N–H and O–H groups in total. The van der Waals surface area contributed by atoms with Gasteiger partial charge in [-0.15, -0.1) is 0 Å². The minimum atomic E-state index is 0.401. The molecule has 96 valence electrons. The van der Waals surface area contributed by atoms with Gasteiger partial charge in [-0.1, -0.05) is 85.0 Å². The third-order valence-electron chi connectivity index (χ3n) is 4.19. The van der Waals surface area contributed by atoms with Crippen LogP contribution >= 0.6 is 0 Å². The van der Waals surface area contributed by atoms with Gasteiger partial charge in [0.1, 0.15) is 0 Å². The topological polar surface area (TPSA) is 0 Å². The van der Waals surface area contributed by atoms with Crippen LogP contribution in [0.5, 0.6) is 0 Å². The van der Waals surface area contributed by atoms with E-state index in [1.165, 1.54) is 21.9 Å². The van der Waals surface area contributed by atoms with Crippen LogP contribution in [0.15, 0.2) is 85.0 Å². The van der Waals surface area contributed by atoms with Gasteiger partial charge in [0.05, 0.1) is 0 Å². The van der Waals surface area contributed by atoms with E-state index in [0.717, 1.165) is 0 Å². The zero-order valence-corrected chi connectivity index (χ0v) is 11.2. The second kappa shape index (κ2) is 4.64. The van der Waals surface area contributed by atoms with Gasteiger partial charge < -0.3 is 0 Å². The smallest absolute Gasteiger partial charge is 0.0214 e. The highest BCUT2D eigenvalue weighted by atomic mass is 14.2. The molecule has 2 aliphatic rings. The quantitative estimate of drug-likeness (QED) is 0.687.